The van der Waals surface area contributed by atoms with Crippen LogP contribution in [0.5, 0.6) is 0 Å². The highest BCUT2D eigenvalue weighted by molar-refractivity contribution is 5.42. The predicted octanol–water partition coefficient (Wildman–Crippen LogP) is 0.217. The third kappa shape index (κ3) is 1.35. The van der Waals surface area contributed by atoms with Gasteiger partial charge >= 0.3 is 5.82 Å². The van der Waals surface area contributed by atoms with Gasteiger partial charge in [0.1, 0.15) is 12.7 Å². The minimum atomic E-state index is -0.538. The molecule has 0 amide bonds. The van der Waals surface area contributed by atoms with Gasteiger partial charge in [-0.25, -0.2) is 4.98 Å². The first-order chi connectivity index (χ1) is 7.11. The fraction of sp³-hybridized carbons (Fsp3) is 0.286. The summed E-state index contributed by atoms with van der Waals surface area (Å²) in [6.07, 6.45) is 2.70. The second-order valence-corrected chi connectivity index (χ2v) is 2.96. The van der Waals surface area contributed by atoms with Crippen LogP contribution >= 0.6 is 0 Å². The Morgan fingerprint density at radius 3 is 2.80 bits per heavy atom. The third-order valence-electron chi connectivity index (χ3n) is 2.08. The van der Waals surface area contributed by atoms with Crippen LogP contribution < -0.4 is 0 Å². The minimum absolute atomic E-state index is 0.222. The molecule has 0 aliphatic rings. The minimum Gasteiger partial charge on any atom is -0.358 e. The van der Waals surface area contributed by atoms with E-state index >= 15 is 0 Å². The van der Waals surface area contributed by atoms with Gasteiger partial charge in [-0.1, -0.05) is 0 Å². The van der Waals surface area contributed by atoms with Crippen molar-refractivity contribution in [3.63, 3.8) is 0 Å². The average molecular weight is 208 g/mol. The molecule has 2 rings (SSSR count). The van der Waals surface area contributed by atoms with Crippen molar-refractivity contribution in [1.29, 1.82) is 0 Å². The average Bonchev–Trinajstić information content (AvgIpc) is 2.76. The van der Waals surface area contributed by atoms with Gasteiger partial charge in [0.15, 0.2) is 0 Å². The third-order valence-corrected chi connectivity index (χ3v) is 2.08. The molecule has 0 saturated carbocycles. The molecule has 0 fully saturated rings. The van der Waals surface area contributed by atoms with Gasteiger partial charge in [-0.15, -0.1) is 0 Å². The lowest BCUT2D eigenvalue weighted by atomic mass is 10.6. The lowest BCUT2D eigenvalue weighted by Crippen LogP contribution is -2.05. The van der Waals surface area contributed by atoms with Crippen molar-refractivity contribution < 1.29 is 4.92 Å². The molecule has 0 bridgehead atoms. The zero-order chi connectivity index (χ0) is 11.0. The van der Waals surface area contributed by atoms with E-state index in [9.17, 15) is 10.1 Å². The Morgan fingerprint density at radius 1 is 1.53 bits per heavy atom. The molecule has 0 spiro atoms. The molecule has 2 aromatic heterocycles. The summed E-state index contributed by atoms with van der Waals surface area (Å²) in [5.41, 5.74) is 0. The van der Waals surface area contributed by atoms with Gasteiger partial charge in [-0.2, -0.15) is 9.78 Å². The summed E-state index contributed by atoms with van der Waals surface area (Å²) in [5, 5.41) is 14.6. The molecule has 0 aromatic carbocycles. The molecule has 0 unspecified atom stereocenters. The van der Waals surface area contributed by atoms with Gasteiger partial charge in [0, 0.05) is 14.0 Å². The molecule has 78 valence electrons. The maximum atomic E-state index is 10.8. The number of aryl methyl sites for hydroxylation is 1. The quantitative estimate of drug-likeness (QED) is 0.519. The molecule has 15 heavy (non-hydrogen) atoms. The normalized spacial score (nSPS) is 10.5. The van der Waals surface area contributed by atoms with E-state index in [0.29, 0.717) is 11.6 Å². The molecular weight excluding hydrogens is 200 g/mol. The van der Waals surface area contributed by atoms with Gasteiger partial charge in [-0.3, -0.25) is 4.57 Å². The highest BCUT2D eigenvalue weighted by atomic mass is 16.6. The molecule has 2 heterocycles. The van der Waals surface area contributed by atoms with Crippen molar-refractivity contribution in [2.45, 2.75) is 6.92 Å². The molecule has 0 atom stereocenters. The topological polar surface area (TPSA) is 91.7 Å². The van der Waals surface area contributed by atoms with E-state index in [-0.39, 0.29) is 5.82 Å². The Bertz CT molecular complexity index is 500. The lowest BCUT2D eigenvalue weighted by molar-refractivity contribution is -0.389. The van der Waals surface area contributed by atoms with Gasteiger partial charge in [-0.05, 0) is 9.91 Å². The van der Waals surface area contributed by atoms with Gasteiger partial charge in [0.05, 0.1) is 0 Å². The summed E-state index contributed by atoms with van der Waals surface area (Å²) in [7, 11) is 1.69. The van der Waals surface area contributed by atoms with Crippen molar-refractivity contribution >= 4 is 5.82 Å². The van der Waals surface area contributed by atoms with Gasteiger partial charge in [0.25, 0.3) is 0 Å². The Hall–Kier alpha value is -2.25. The summed E-state index contributed by atoms with van der Waals surface area (Å²) in [4.78, 5) is 17.8. The zero-order valence-electron chi connectivity index (χ0n) is 8.15. The Labute approximate surface area is 84.3 Å². The van der Waals surface area contributed by atoms with E-state index in [1.807, 2.05) is 0 Å². The molecule has 0 aliphatic carbocycles. The van der Waals surface area contributed by atoms with Crippen LogP contribution in [0.25, 0.3) is 5.82 Å². The number of aromatic nitrogens is 5. The first kappa shape index (κ1) is 9.31. The van der Waals surface area contributed by atoms with Crippen LogP contribution in [-0.4, -0.2) is 29.2 Å². The van der Waals surface area contributed by atoms with Crippen molar-refractivity contribution in [2.24, 2.45) is 7.05 Å². The Balaban J connectivity index is 2.68. The van der Waals surface area contributed by atoms with Crippen LogP contribution in [0.4, 0.5) is 5.82 Å². The largest absolute Gasteiger partial charge is 0.409 e. The van der Waals surface area contributed by atoms with E-state index < -0.39 is 4.92 Å². The van der Waals surface area contributed by atoms with Crippen molar-refractivity contribution in [2.75, 3.05) is 0 Å². The summed E-state index contributed by atoms with van der Waals surface area (Å²) < 4.78 is 2.91. The molecular formula is C7H8N6O2. The Kier molecular flexibility index (Phi) is 1.96. The first-order valence-corrected chi connectivity index (χ1v) is 4.14. The maximum Gasteiger partial charge on any atom is 0.409 e. The standard InChI is InChI=1S/C7H8N6O2/c1-5-10-6(13(14)15)7(11(5)2)12-4-8-3-9-12/h3-4H,1-2H3. The van der Waals surface area contributed by atoms with Gasteiger partial charge < -0.3 is 10.1 Å². The van der Waals surface area contributed by atoms with Crippen LogP contribution in [0.2, 0.25) is 0 Å². The van der Waals surface area contributed by atoms with Crippen molar-refractivity contribution in [1.82, 2.24) is 24.3 Å². The van der Waals surface area contributed by atoms with Crippen LogP contribution in [0.15, 0.2) is 12.7 Å². The fourth-order valence-electron chi connectivity index (χ4n) is 1.28. The van der Waals surface area contributed by atoms with E-state index in [2.05, 4.69) is 15.1 Å². The number of nitrogens with zero attached hydrogens (tertiary/aromatic N) is 6. The Morgan fingerprint density at radius 2 is 2.27 bits per heavy atom. The fourth-order valence-corrected chi connectivity index (χ4v) is 1.28. The number of hydrogen-bond donors (Lipinski definition) is 0. The van der Waals surface area contributed by atoms with Gasteiger partial charge in [0.2, 0.25) is 11.6 Å². The number of imidazole rings is 1. The van der Waals surface area contributed by atoms with Crippen LogP contribution in [0.1, 0.15) is 5.82 Å². The SMILES string of the molecule is Cc1nc([N+](=O)[O-])c(-n2cncn2)n1C. The van der Waals surface area contributed by atoms with E-state index in [0.717, 1.165) is 0 Å². The first-order valence-electron chi connectivity index (χ1n) is 4.14. The van der Waals surface area contributed by atoms with Crippen molar-refractivity contribution in [3.8, 4) is 5.82 Å². The summed E-state index contributed by atoms with van der Waals surface area (Å²) >= 11 is 0. The molecule has 0 radical (unpaired) electrons. The predicted molar refractivity (Wildman–Crippen MR) is 49.5 cm³/mol. The monoisotopic (exact) mass is 208 g/mol. The van der Waals surface area contributed by atoms with E-state index in [1.165, 1.54) is 17.3 Å². The molecule has 0 N–H and O–H groups in total. The highest BCUT2D eigenvalue weighted by Gasteiger charge is 2.25. The van der Waals surface area contributed by atoms with E-state index in [4.69, 9.17) is 0 Å². The molecule has 2 aromatic rings. The summed E-state index contributed by atoms with van der Waals surface area (Å²) in [6, 6.07) is 0. The van der Waals surface area contributed by atoms with E-state index in [1.54, 1.807) is 18.5 Å². The van der Waals surface area contributed by atoms with Crippen LogP contribution in [0, 0.1) is 17.0 Å². The van der Waals surface area contributed by atoms with Crippen LogP contribution in [-0.2, 0) is 7.05 Å². The zero-order valence-corrected chi connectivity index (χ0v) is 8.15. The smallest absolute Gasteiger partial charge is 0.358 e. The highest BCUT2D eigenvalue weighted by Crippen LogP contribution is 2.20. The molecule has 8 nitrogen and oxygen atoms in total. The maximum absolute atomic E-state index is 10.8. The summed E-state index contributed by atoms with van der Waals surface area (Å²) in [5.74, 6) is 0.628. The number of rotatable bonds is 2. The second kappa shape index (κ2) is 3.15. The lowest BCUT2D eigenvalue weighted by Gasteiger charge is -2.00. The molecule has 8 heteroatoms. The molecule has 0 aliphatic heterocycles. The van der Waals surface area contributed by atoms with Crippen LogP contribution in [0.3, 0.4) is 0 Å². The summed E-state index contributed by atoms with van der Waals surface area (Å²) in [6.45, 7) is 1.69. The second-order valence-electron chi connectivity index (χ2n) is 2.96. The van der Waals surface area contributed by atoms with Crippen molar-refractivity contribution in [3.05, 3.63) is 28.6 Å². The number of hydrogen-bond acceptors (Lipinski definition) is 5. The molecule has 0 saturated heterocycles. The number of nitro groups is 1.